The van der Waals surface area contributed by atoms with Crippen LogP contribution in [-0.4, -0.2) is 74.9 Å². The Morgan fingerprint density at radius 3 is 2.80 bits per heavy atom. The van der Waals surface area contributed by atoms with E-state index in [9.17, 15) is 9.90 Å². The van der Waals surface area contributed by atoms with Gasteiger partial charge in [-0.05, 0) is 30.7 Å². The molecular formula is C17H23N5O3. The molecule has 0 radical (unpaired) electrons. The van der Waals surface area contributed by atoms with Crippen LogP contribution in [-0.2, 0) is 4.79 Å². The molecule has 2 aromatic rings. The Morgan fingerprint density at radius 2 is 2.12 bits per heavy atom. The Balaban J connectivity index is 1.45. The van der Waals surface area contributed by atoms with Crippen molar-refractivity contribution in [2.75, 3.05) is 31.6 Å². The number of nitrogens with zero attached hydrogens (tertiary/aromatic N) is 4. The number of aliphatic hydroxyl groups is 2. The molecule has 2 aliphatic rings. The molecule has 3 heterocycles. The average molecular weight is 345 g/mol. The van der Waals surface area contributed by atoms with E-state index in [2.05, 4.69) is 26.9 Å². The molecule has 1 saturated carbocycles. The fraction of sp³-hybridized carbons (Fsp3) is 0.588. The average Bonchev–Trinajstić information content (AvgIpc) is 3.32. The number of amides is 1. The summed E-state index contributed by atoms with van der Waals surface area (Å²) in [6, 6.07) is 2.37. The van der Waals surface area contributed by atoms with Gasteiger partial charge < -0.3 is 25.0 Å². The molecular weight excluding hydrogens is 322 g/mol. The van der Waals surface area contributed by atoms with Gasteiger partial charge in [-0.15, -0.1) is 0 Å². The minimum absolute atomic E-state index is 0.355. The molecule has 1 aliphatic heterocycles. The highest BCUT2D eigenvalue weighted by atomic mass is 16.3. The van der Waals surface area contributed by atoms with Crippen molar-refractivity contribution in [3.8, 4) is 0 Å². The number of carbonyl (C=O) groups excluding carboxylic acids is 1. The molecule has 2 fully saturated rings. The number of aromatic amines is 1. The predicted octanol–water partition coefficient (Wildman–Crippen LogP) is -0.0157. The zero-order chi connectivity index (χ0) is 17.6. The molecule has 0 bridgehead atoms. The fourth-order valence-corrected chi connectivity index (χ4v) is 4.37. The smallest absolute Gasteiger partial charge is 0.253 e. The minimum Gasteiger partial charge on any atom is -0.393 e. The number of fused-ring (bicyclic) bond motifs is 2. The number of rotatable bonds is 4. The second-order valence-electron chi connectivity index (χ2n) is 7.14. The molecule has 25 heavy (non-hydrogen) atoms. The van der Waals surface area contributed by atoms with Crippen LogP contribution in [0.2, 0.25) is 0 Å². The second-order valence-corrected chi connectivity index (χ2v) is 7.14. The lowest BCUT2D eigenvalue weighted by Gasteiger charge is -2.28. The first-order valence-corrected chi connectivity index (χ1v) is 8.67. The number of anilines is 1. The fourth-order valence-electron chi connectivity index (χ4n) is 4.37. The zero-order valence-corrected chi connectivity index (χ0v) is 14.2. The van der Waals surface area contributed by atoms with Gasteiger partial charge in [0.2, 0.25) is 0 Å². The highest BCUT2D eigenvalue weighted by Crippen LogP contribution is 2.41. The Kier molecular flexibility index (Phi) is 4.09. The number of nitrogens with one attached hydrogen (secondary N) is 1. The van der Waals surface area contributed by atoms with E-state index in [0.717, 1.165) is 29.7 Å². The minimum atomic E-state index is -1.29. The monoisotopic (exact) mass is 345 g/mol. The van der Waals surface area contributed by atoms with Crippen LogP contribution in [0.1, 0.15) is 12.8 Å². The van der Waals surface area contributed by atoms with Gasteiger partial charge in [0.1, 0.15) is 17.8 Å². The summed E-state index contributed by atoms with van der Waals surface area (Å²) in [5, 5.41) is 19.5. The van der Waals surface area contributed by atoms with E-state index in [0.29, 0.717) is 31.0 Å². The molecule has 1 saturated heterocycles. The molecule has 1 amide bonds. The van der Waals surface area contributed by atoms with Crippen LogP contribution in [0.15, 0.2) is 18.6 Å². The maximum atomic E-state index is 12.0. The normalized spacial score (nSPS) is 26.8. The summed E-state index contributed by atoms with van der Waals surface area (Å²) < 4.78 is 0. The van der Waals surface area contributed by atoms with Crippen molar-refractivity contribution < 1.29 is 15.0 Å². The van der Waals surface area contributed by atoms with Gasteiger partial charge in [0.15, 0.2) is 6.10 Å². The highest BCUT2D eigenvalue weighted by Gasteiger charge is 2.44. The maximum Gasteiger partial charge on any atom is 0.253 e. The third-order valence-electron chi connectivity index (χ3n) is 5.71. The molecule has 8 nitrogen and oxygen atoms in total. The Bertz CT molecular complexity index is 764. The Labute approximate surface area is 145 Å². The number of hydrogen-bond donors (Lipinski definition) is 3. The number of hydrogen-bond acceptors (Lipinski definition) is 6. The van der Waals surface area contributed by atoms with Crippen molar-refractivity contribution in [2.24, 2.45) is 11.8 Å². The van der Waals surface area contributed by atoms with Crippen LogP contribution in [0.4, 0.5) is 5.82 Å². The topological polar surface area (TPSA) is 106 Å². The third-order valence-corrected chi connectivity index (χ3v) is 5.71. The molecule has 1 unspecified atom stereocenters. The van der Waals surface area contributed by atoms with E-state index in [-0.39, 0.29) is 5.91 Å². The largest absolute Gasteiger partial charge is 0.393 e. The Morgan fingerprint density at radius 1 is 1.40 bits per heavy atom. The number of carbonyl (C=O) groups is 1. The van der Waals surface area contributed by atoms with Crippen LogP contribution in [0.5, 0.6) is 0 Å². The molecule has 1 aliphatic carbocycles. The second kappa shape index (κ2) is 6.27. The lowest BCUT2D eigenvalue weighted by molar-refractivity contribution is -0.141. The van der Waals surface area contributed by atoms with Crippen LogP contribution in [0, 0.1) is 11.8 Å². The first-order valence-electron chi connectivity index (χ1n) is 8.67. The van der Waals surface area contributed by atoms with Gasteiger partial charge in [-0.1, -0.05) is 0 Å². The van der Waals surface area contributed by atoms with E-state index in [1.807, 2.05) is 12.3 Å². The molecule has 3 N–H and O–H groups in total. The quantitative estimate of drug-likeness (QED) is 0.719. The van der Waals surface area contributed by atoms with E-state index >= 15 is 0 Å². The summed E-state index contributed by atoms with van der Waals surface area (Å²) in [6.45, 7) is 0.804. The van der Waals surface area contributed by atoms with Crippen LogP contribution < -0.4 is 4.90 Å². The number of likely N-dealkylation sites (tertiary alicyclic amines) is 1. The predicted molar refractivity (Wildman–Crippen MR) is 92.0 cm³/mol. The van der Waals surface area contributed by atoms with E-state index in [4.69, 9.17) is 5.11 Å². The van der Waals surface area contributed by atoms with E-state index in [1.165, 1.54) is 0 Å². The van der Waals surface area contributed by atoms with Gasteiger partial charge in [0, 0.05) is 32.4 Å². The van der Waals surface area contributed by atoms with Crippen LogP contribution in [0.3, 0.4) is 0 Å². The first kappa shape index (κ1) is 16.3. The molecule has 0 aromatic carbocycles. The maximum absolute atomic E-state index is 12.0. The molecule has 0 spiro atoms. The lowest BCUT2D eigenvalue weighted by Crippen LogP contribution is -2.41. The van der Waals surface area contributed by atoms with Crippen LogP contribution >= 0.6 is 0 Å². The van der Waals surface area contributed by atoms with Crippen molar-refractivity contribution in [3.05, 3.63) is 18.6 Å². The summed E-state index contributed by atoms with van der Waals surface area (Å²) >= 11 is 0. The van der Waals surface area contributed by atoms with Crippen molar-refractivity contribution in [2.45, 2.75) is 25.0 Å². The summed E-state index contributed by atoms with van der Waals surface area (Å²) in [7, 11) is 2.07. The molecule has 4 rings (SSSR count). The summed E-state index contributed by atoms with van der Waals surface area (Å²) in [6.07, 6.45) is 4.15. The lowest BCUT2D eigenvalue weighted by atomic mass is 10.0. The van der Waals surface area contributed by atoms with Crippen molar-refractivity contribution in [1.82, 2.24) is 19.9 Å². The standard InChI is InChI=1S/C17H23N5O3/c1-21(16-13-2-3-18-15(13)19-9-20-16)12-4-10-6-22(7-11(10)5-12)17(25)14(24)8-23/h2-3,9-12,14,23-24H,4-8H2,1H3,(H,18,19,20)/t10-,11+,12?,14-/m1/s1. The zero-order valence-electron chi connectivity index (χ0n) is 14.2. The number of aliphatic hydroxyl groups excluding tert-OH is 2. The van der Waals surface area contributed by atoms with Crippen LogP contribution in [0.25, 0.3) is 11.0 Å². The number of H-pyrrole nitrogens is 1. The van der Waals surface area contributed by atoms with Gasteiger partial charge in [-0.25, -0.2) is 9.97 Å². The first-order chi connectivity index (χ1) is 12.1. The molecule has 2 aromatic heterocycles. The SMILES string of the molecule is CN(c1ncnc2[nH]ccc12)C1C[C@@H]2CN(C(=O)[C@H](O)CO)C[C@@H]2C1. The molecule has 4 atom stereocenters. The van der Waals surface area contributed by atoms with E-state index in [1.54, 1.807) is 11.2 Å². The van der Waals surface area contributed by atoms with Crippen molar-refractivity contribution in [3.63, 3.8) is 0 Å². The molecule has 8 heteroatoms. The van der Waals surface area contributed by atoms with E-state index < -0.39 is 12.7 Å². The summed E-state index contributed by atoms with van der Waals surface area (Å²) in [4.78, 5) is 27.8. The Hall–Kier alpha value is -2.19. The van der Waals surface area contributed by atoms with Gasteiger partial charge >= 0.3 is 0 Å². The van der Waals surface area contributed by atoms with Gasteiger partial charge in [0.25, 0.3) is 5.91 Å². The summed E-state index contributed by atoms with van der Waals surface area (Å²) in [5.41, 5.74) is 0.838. The third kappa shape index (κ3) is 2.75. The van der Waals surface area contributed by atoms with Gasteiger partial charge in [0.05, 0.1) is 12.0 Å². The van der Waals surface area contributed by atoms with Gasteiger partial charge in [-0.3, -0.25) is 4.79 Å². The molecule has 134 valence electrons. The van der Waals surface area contributed by atoms with Crippen molar-refractivity contribution >= 4 is 22.8 Å². The van der Waals surface area contributed by atoms with Gasteiger partial charge in [-0.2, -0.15) is 0 Å². The number of aromatic nitrogens is 3. The highest BCUT2D eigenvalue weighted by molar-refractivity contribution is 5.87. The summed E-state index contributed by atoms with van der Waals surface area (Å²) in [5.74, 6) is 1.45. The van der Waals surface area contributed by atoms with Crippen molar-refractivity contribution in [1.29, 1.82) is 0 Å².